The van der Waals surface area contributed by atoms with Gasteiger partial charge in [-0.05, 0) is 18.2 Å². The number of benzene rings is 1. The molecule has 164 valence electrons. The molecule has 1 aliphatic rings. The van der Waals surface area contributed by atoms with Crippen molar-refractivity contribution in [1.29, 1.82) is 0 Å². The SMILES string of the molecule is NS(=O)(=O)c1ccc(Nc2ncc(C(F)(F)F)c(-c3cnn(C4COC4)c3)n2)c(F)c1. The summed E-state index contributed by atoms with van der Waals surface area (Å²) in [5, 5.41) is 11.4. The van der Waals surface area contributed by atoms with Gasteiger partial charge in [-0.3, -0.25) is 4.68 Å². The Morgan fingerprint density at radius 1 is 1.23 bits per heavy atom. The van der Waals surface area contributed by atoms with Gasteiger partial charge in [0, 0.05) is 18.0 Å². The van der Waals surface area contributed by atoms with E-state index < -0.39 is 38.2 Å². The van der Waals surface area contributed by atoms with Crippen molar-refractivity contribution >= 4 is 21.7 Å². The van der Waals surface area contributed by atoms with Gasteiger partial charge in [-0.1, -0.05) is 0 Å². The van der Waals surface area contributed by atoms with Crippen molar-refractivity contribution in [3.63, 3.8) is 0 Å². The lowest BCUT2D eigenvalue weighted by atomic mass is 10.1. The predicted octanol–water partition coefficient (Wildman–Crippen LogP) is 2.46. The quantitative estimate of drug-likeness (QED) is 0.563. The van der Waals surface area contributed by atoms with Gasteiger partial charge < -0.3 is 10.1 Å². The third-order valence-electron chi connectivity index (χ3n) is 4.48. The van der Waals surface area contributed by atoms with E-state index in [1.165, 1.54) is 17.1 Å². The summed E-state index contributed by atoms with van der Waals surface area (Å²) in [6.07, 6.45) is -1.51. The molecule has 0 spiro atoms. The van der Waals surface area contributed by atoms with Crippen LogP contribution in [0.5, 0.6) is 0 Å². The molecule has 4 rings (SSSR count). The van der Waals surface area contributed by atoms with Crippen molar-refractivity contribution < 1.29 is 30.7 Å². The molecule has 3 aromatic rings. The summed E-state index contributed by atoms with van der Waals surface area (Å²) < 4.78 is 83.8. The van der Waals surface area contributed by atoms with Crippen LogP contribution >= 0.6 is 0 Å². The second-order valence-corrected chi connectivity index (χ2v) is 8.23. The van der Waals surface area contributed by atoms with Crippen molar-refractivity contribution in [1.82, 2.24) is 19.7 Å². The number of nitrogens with one attached hydrogen (secondary N) is 1. The smallest absolute Gasteiger partial charge is 0.377 e. The number of hydrogen-bond acceptors (Lipinski definition) is 7. The number of sulfonamides is 1. The Kier molecular flexibility index (Phi) is 5.15. The normalized spacial score (nSPS) is 15.0. The molecule has 3 N–H and O–H groups in total. The largest absolute Gasteiger partial charge is 0.419 e. The zero-order valence-electron chi connectivity index (χ0n) is 15.5. The zero-order chi connectivity index (χ0) is 22.4. The fraction of sp³-hybridized carbons (Fsp3) is 0.235. The van der Waals surface area contributed by atoms with Crippen molar-refractivity contribution in [3.8, 4) is 11.3 Å². The van der Waals surface area contributed by atoms with E-state index in [0.29, 0.717) is 25.5 Å². The van der Waals surface area contributed by atoms with Gasteiger partial charge in [-0.2, -0.15) is 18.3 Å². The van der Waals surface area contributed by atoms with Gasteiger partial charge in [-0.25, -0.2) is 27.9 Å². The van der Waals surface area contributed by atoms with E-state index in [4.69, 9.17) is 9.88 Å². The molecule has 31 heavy (non-hydrogen) atoms. The molecule has 3 heterocycles. The summed E-state index contributed by atoms with van der Waals surface area (Å²) in [6.45, 7) is 0.801. The van der Waals surface area contributed by atoms with E-state index in [1.54, 1.807) is 0 Å². The van der Waals surface area contributed by atoms with Crippen LogP contribution in [0.3, 0.4) is 0 Å². The van der Waals surface area contributed by atoms with Crippen LogP contribution in [0, 0.1) is 5.82 Å². The lowest BCUT2D eigenvalue weighted by Crippen LogP contribution is -2.30. The molecular formula is C17H14F4N6O3S. The molecule has 0 saturated carbocycles. The van der Waals surface area contributed by atoms with E-state index in [2.05, 4.69) is 20.4 Å². The monoisotopic (exact) mass is 458 g/mol. The minimum absolute atomic E-state index is 0.0750. The number of ether oxygens (including phenoxy) is 1. The van der Waals surface area contributed by atoms with Gasteiger partial charge >= 0.3 is 6.18 Å². The van der Waals surface area contributed by atoms with Gasteiger partial charge in [0.05, 0.1) is 41.7 Å². The number of nitrogens with zero attached hydrogens (tertiary/aromatic N) is 4. The summed E-state index contributed by atoms with van der Waals surface area (Å²) in [5.41, 5.74) is -1.69. The first-order chi connectivity index (χ1) is 14.5. The topological polar surface area (TPSA) is 125 Å². The van der Waals surface area contributed by atoms with Crippen LogP contribution in [0.2, 0.25) is 0 Å². The average molecular weight is 458 g/mol. The highest BCUT2D eigenvalue weighted by molar-refractivity contribution is 7.89. The van der Waals surface area contributed by atoms with Gasteiger partial charge in [0.15, 0.2) is 0 Å². The molecule has 0 aliphatic carbocycles. The van der Waals surface area contributed by atoms with Crippen molar-refractivity contribution in [2.75, 3.05) is 18.5 Å². The second-order valence-electron chi connectivity index (χ2n) is 6.67. The minimum Gasteiger partial charge on any atom is -0.377 e. The average Bonchev–Trinajstić information content (AvgIpc) is 3.09. The fourth-order valence-electron chi connectivity index (χ4n) is 2.80. The van der Waals surface area contributed by atoms with Gasteiger partial charge in [0.1, 0.15) is 11.4 Å². The van der Waals surface area contributed by atoms with Crippen molar-refractivity contribution in [3.05, 3.63) is 48.2 Å². The van der Waals surface area contributed by atoms with Crippen LogP contribution < -0.4 is 10.5 Å². The Morgan fingerprint density at radius 3 is 2.55 bits per heavy atom. The summed E-state index contributed by atoms with van der Waals surface area (Å²) in [5.74, 6) is -1.33. The van der Waals surface area contributed by atoms with Gasteiger partial charge in [0.2, 0.25) is 16.0 Å². The summed E-state index contributed by atoms with van der Waals surface area (Å²) in [7, 11) is -4.12. The number of aromatic nitrogens is 4. The van der Waals surface area contributed by atoms with Crippen molar-refractivity contribution in [2.45, 2.75) is 17.1 Å². The Labute approximate surface area is 172 Å². The number of halogens is 4. The van der Waals surface area contributed by atoms with Crippen molar-refractivity contribution in [2.24, 2.45) is 5.14 Å². The number of alkyl halides is 3. The molecule has 0 bridgehead atoms. The fourth-order valence-corrected chi connectivity index (χ4v) is 3.33. The molecule has 9 nitrogen and oxygen atoms in total. The predicted molar refractivity (Wildman–Crippen MR) is 99.2 cm³/mol. The number of hydrogen-bond donors (Lipinski definition) is 2. The highest BCUT2D eigenvalue weighted by Crippen LogP contribution is 2.36. The summed E-state index contributed by atoms with van der Waals surface area (Å²) >= 11 is 0. The number of nitrogens with two attached hydrogens (primary N) is 1. The van der Waals surface area contributed by atoms with Crippen LogP contribution in [0.25, 0.3) is 11.3 Å². The standard InChI is InChI=1S/C17H14F4N6O3S/c18-13-3-11(31(22,28)29)1-2-14(13)25-16-23-5-12(17(19,20)21)15(26-16)9-4-24-27(6-9)10-7-30-8-10/h1-6,10H,7-8H2,(H2,22,28,29)(H,23,25,26). The number of primary sulfonamides is 1. The maximum Gasteiger partial charge on any atom is 0.419 e. The molecule has 14 heteroatoms. The van der Waals surface area contributed by atoms with Gasteiger partial charge in [-0.15, -0.1) is 0 Å². The molecule has 1 fully saturated rings. The minimum atomic E-state index is -4.74. The lowest BCUT2D eigenvalue weighted by Gasteiger charge is -2.25. The maximum atomic E-state index is 14.3. The summed E-state index contributed by atoms with van der Waals surface area (Å²) in [6, 6.07) is 2.70. The van der Waals surface area contributed by atoms with Gasteiger partial charge in [0.25, 0.3) is 0 Å². The zero-order valence-corrected chi connectivity index (χ0v) is 16.3. The third kappa shape index (κ3) is 4.35. The summed E-state index contributed by atoms with van der Waals surface area (Å²) in [4.78, 5) is 7.05. The molecule has 1 aliphatic heterocycles. The van der Waals surface area contributed by atoms with Crippen LogP contribution in [0.4, 0.5) is 29.2 Å². The lowest BCUT2D eigenvalue weighted by molar-refractivity contribution is -0.137. The maximum absolute atomic E-state index is 14.3. The van der Waals surface area contributed by atoms with E-state index in [1.807, 2.05) is 0 Å². The molecule has 0 radical (unpaired) electrons. The molecular weight excluding hydrogens is 444 g/mol. The second kappa shape index (κ2) is 7.55. The van der Waals surface area contributed by atoms with E-state index in [9.17, 15) is 26.0 Å². The molecule has 0 atom stereocenters. The van der Waals surface area contributed by atoms with E-state index in [0.717, 1.165) is 12.1 Å². The van der Waals surface area contributed by atoms with Crippen LogP contribution in [-0.2, 0) is 20.9 Å². The van der Waals surface area contributed by atoms with E-state index >= 15 is 0 Å². The highest BCUT2D eigenvalue weighted by atomic mass is 32.2. The Morgan fingerprint density at radius 2 is 1.97 bits per heavy atom. The Bertz CT molecular complexity index is 1240. The molecule has 1 saturated heterocycles. The Hall–Kier alpha value is -3.10. The van der Waals surface area contributed by atoms with Crippen LogP contribution in [0.1, 0.15) is 11.6 Å². The first-order valence-electron chi connectivity index (χ1n) is 8.68. The van der Waals surface area contributed by atoms with Crippen LogP contribution in [0.15, 0.2) is 41.7 Å². The first-order valence-corrected chi connectivity index (χ1v) is 10.2. The van der Waals surface area contributed by atoms with E-state index in [-0.39, 0.29) is 23.2 Å². The molecule has 1 aromatic carbocycles. The first kappa shape index (κ1) is 21.1. The van der Waals surface area contributed by atoms with Crippen LogP contribution in [-0.4, -0.2) is 41.4 Å². The third-order valence-corrected chi connectivity index (χ3v) is 5.39. The molecule has 2 aromatic heterocycles. The number of rotatable bonds is 5. The highest BCUT2D eigenvalue weighted by Gasteiger charge is 2.36. The molecule has 0 amide bonds. The molecule has 0 unspecified atom stereocenters. The Balaban J connectivity index is 1.70. The number of anilines is 2.